The Balaban J connectivity index is 1.54. The number of hydrogen-bond donors (Lipinski definition) is 1. The molecule has 5 rings (SSSR count). The molecule has 0 radical (unpaired) electrons. The van der Waals surface area contributed by atoms with Gasteiger partial charge in [-0.05, 0) is 36.1 Å². The van der Waals surface area contributed by atoms with Crippen LogP contribution < -0.4 is 5.32 Å². The molecule has 0 saturated carbocycles. The van der Waals surface area contributed by atoms with E-state index in [0.717, 1.165) is 38.0 Å². The molecule has 3 heterocycles. The molecule has 0 saturated heterocycles. The summed E-state index contributed by atoms with van der Waals surface area (Å²) in [7, 11) is 1.99. The SMILES string of the molecule is Cc1nc(-c2cccs2)sc1C(=O)NC(c1ccccc1)c1nc2ccccc2n1C. The van der Waals surface area contributed by atoms with Gasteiger partial charge in [-0.15, -0.1) is 22.7 Å². The third-order valence-corrected chi connectivity index (χ3v) is 7.42. The number of imidazole rings is 1. The van der Waals surface area contributed by atoms with Crippen molar-refractivity contribution in [1.29, 1.82) is 0 Å². The largest absolute Gasteiger partial charge is 0.337 e. The minimum Gasteiger partial charge on any atom is -0.337 e. The quantitative estimate of drug-likeness (QED) is 0.385. The van der Waals surface area contributed by atoms with E-state index >= 15 is 0 Å². The lowest BCUT2D eigenvalue weighted by Gasteiger charge is -2.19. The molecule has 0 bridgehead atoms. The van der Waals surface area contributed by atoms with Gasteiger partial charge in [-0.1, -0.05) is 48.5 Å². The minimum absolute atomic E-state index is 0.140. The first-order valence-electron chi connectivity index (χ1n) is 9.90. The van der Waals surface area contributed by atoms with Crippen LogP contribution in [0.25, 0.3) is 20.9 Å². The molecule has 0 aliphatic heterocycles. The average Bonchev–Trinajstić information content (AvgIpc) is 3.52. The molecule has 5 aromatic rings. The summed E-state index contributed by atoms with van der Waals surface area (Å²) in [4.78, 5) is 24.5. The Labute approximate surface area is 188 Å². The van der Waals surface area contributed by atoms with Crippen LogP contribution in [0.1, 0.15) is 32.8 Å². The van der Waals surface area contributed by atoms with Crippen molar-refractivity contribution in [2.45, 2.75) is 13.0 Å². The Hall–Kier alpha value is -3.29. The fourth-order valence-corrected chi connectivity index (χ4v) is 5.44. The second-order valence-corrected chi connectivity index (χ2v) is 9.19. The van der Waals surface area contributed by atoms with Crippen molar-refractivity contribution >= 4 is 39.6 Å². The van der Waals surface area contributed by atoms with E-state index in [2.05, 4.69) is 10.3 Å². The molecular weight excluding hydrogens is 424 g/mol. The lowest BCUT2D eigenvalue weighted by molar-refractivity contribution is 0.0944. The first-order chi connectivity index (χ1) is 15.1. The van der Waals surface area contributed by atoms with Gasteiger partial charge in [-0.3, -0.25) is 4.79 Å². The number of thiazole rings is 1. The number of aryl methyl sites for hydroxylation is 2. The summed E-state index contributed by atoms with van der Waals surface area (Å²) in [5.74, 6) is 0.653. The van der Waals surface area contributed by atoms with Gasteiger partial charge >= 0.3 is 0 Å². The predicted molar refractivity (Wildman–Crippen MR) is 127 cm³/mol. The highest BCUT2D eigenvalue weighted by Crippen LogP contribution is 2.32. The van der Waals surface area contributed by atoms with Crippen molar-refractivity contribution in [3.63, 3.8) is 0 Å². The summed E-state index contributed by atoms with van der Waals surface area (Å²) in [6, 6.07) is 21.6. The summed E-state index contributed by atoms with van der Waals surface area (Å²) in [5.41, 5.74) is 3.66. The van der Waals surface area contributed by atoms with E-state index in [4.69, 9.17) is 4.98 Å². The van der Waals surface area contributed by atoms with Crippen molar-refractivity contribution < 1.29 is 4.79 Å². The molecule has 2 aromatic carbocycles. The zero-order valence-electron chi connectivity index (χ0n) is 17.1. The number of rotatable bonds is 5. The van der Waals surface area contributed by atoms with E-state index in [1.807, 2.05) is 90.6 Å². The van der Waals surface area contributed by atoms with Gasteiger partial charge in [0, 0.05) is 7.05 Å². The van der Waals surface area contributed by atoms with Crippen molar-refractivity contribution in [3.05, 3.63) is 94.1 Å². The van der Waals surface area contributed by atoms with Gasteiger partial charge in [0.2, 0.25) is 0 Å². The number of amides is 1. The number of aromatic nitrogens is 3. The Morgan fingerprint density at radius 1 is 1.00 bits per heavy atom. The van der Waals surface area contributed by atoms with E-state index in [-0.39, 0.29) is 11.9 Å². The summed E-state index contributed by atoms with van der Waals surface area (Å²) in [6.45, 7) is 1.88. The number of nitrogens with one attached hydrogen (secondary N) is 1. The fourth-order valence-electron chi connectivity index (χ4n) is 3.67. The molecule has 0 aliphatic rings. The minimum atomic E-state index is -0.377. The maximum absolute atomic E-state index is 13.4. The number of para-hydroxylation sites is 2. The molecule has 1 N–H and O–H groups in total. The first-order valence-corrected chi connectivity index (χ1v) is 11.6. The van der Waals surface area contributed by atoms with Gasteiger partial charge in [0.05, 0.1) is 21.6 Å². The van der Waals surface area contributed by atoms with Crippen LogP contribution in [0.3, 0.4) is 0 Å². The van der Waals surface area contributed by atoms with E-state index in [1.165, 1.54) is 11.3 Å². The molecule has 1 atom stereocenters. The van der Waals surface area contributed by atoms with Crippen molar-refractivity contribution in [2.24, 2.45) is 7.05 Å². The van der Waals surface area contributed by atoms with Crippen LogP contribution in [0.15, 0.2) is 72.1 Å². The van der Waals surface area contributed by atoms with Gasteiger partial charge in [-0.2, -0.15) is 0 Å². The topological polar surface area (TPSA) is 59.8 Å². The van der Waals surface area contributed by atoms with Crippen molar-refractivity contribution in [3.8, 4) is 9.88 Å². The molecular formula is C24H20N4OS2. The molecule has 31 heavy (non-hydrogen) atoms. The number of carbonyl (C=O) groups is 1. The normalized spacial score (nSPS) is 12.2. The predicted octanol–water partition coefficient (Wildman–Crippen LogP) is 5.59. The number of nitrogens with zero attached hydrogens (tertiary/aromatic N) is 3. The zero-order chi connectivity index (χ0) is 21.4. The smallest absolute Gasteiger partial charge is 0.264 e. The number of hydrogen-bond acceptors (Lipinski definition) is 5. The standard InChI is InChI=1S/C24H20N4OS2/c1-15-21(31-24(25-15)19-13-8-14-30-19)23(29)27-20(16-9-4-3-5-10-16)22-26-17-11-6-7-12-18(17)28(22)2/h3-14,20H,1-2H3,(H,27,29). The van der Waals surface area contributed by atoms with E-state index in [9.17, 15) is 4.79 Å². The van der Waals surface area contributed by atoms with Crippen LogP contribution in [0.2, 0.25) is 0 Å². The molecule has 154 valence electrons. The Bertz CT molecular complexity index is 1350. The highest BCUT2D eigenvalue weighted by Gasteiger charge is 2.25. The van der Waals surface area contributed by atoms with E-state index in [0.29, 0.717) is 4.88 Å². The second-order valence-electron chi connectivity index (χ2n) is 7.25. The summed E-state index contributed by atoms with van der Waals surface area (Å²) in [6.07, 6.45) is 0. The van der Waals surface area contributed by atoms with Gasteiger partial charge in [-0.25, -0.2) is 9.97 Å². The van der Waals surface area contributed by atoms with Gasteiger partial charge in [0.25, 0.3) is 5.91 Å². The van der Waals surface area contributed by atoms with Crippen LogP contribution >= 0.6 is 22.7 Å². The number of thiophene rings is 1. The van der Waals surface area contributed by atoms with Gasteiger partial charge in [0.1, 0.15) is 21.8 Å². The summed E-state index contributed by atoms with van der Waals surface area (Å²) < 4.78 is 2.05. The lowest BCUT2D eigenvalue weighted by Crippen LogP contribution is -2.31. The van der Waals surface area contributed by atoms with Crippen LogP contribution in [-0.2, 0) is 7.05 Å². The average molecular weight is 445 g/mol. The molecule has 3 aromatic heterocycles. The molecule has 0 fully saturated rings. The van der Waals surface area contributed by atoms with Gasteiger partial charge in [0.15, 0.2) is 0 Å². The number of benzene rings is 2. The summed E-state index contributed by atoms with van der Waals surface area (Å²) >= 11 is 3.05. The highest BCUT2D eigenvalue weighted by atomic mass is 32.1. The Morgan fingerprint density at radius 3 is 2.52 bits per heavy atom. The highest BCUT2D eigenvalue weighted by molar-refractivity contribution is 7.22. The Kier molecular flexibility index (Phi) is 5.13. The second kappa shape index (κ2) is 8.09. The molecule has 0 spiro atoms. The van der Waals surface area contributed by atoms with Crippen LogP contribution in [-0.4, -0.2) is 20.4 Å². The van der Waals surface area contributed by atoms with Crippen LogP contribution in [0, 0.1) is 6.92 Å². The third kappa shape index (κ3) is 3.66. The fraction of sp³-hybridized carbons (Fsp3) is 0.125. The van der Waals surface area contributed by atoms with Gasteiger partial charge < -0.3 is 9.88 Å². The number of carbonyl (C=O) groups excluding carboxylic acids is 1. The number of fused-ring (bicyclic) bond motifs is 1. The molecule has 5 nitrogen and oxygen atoms in total. The third-order valence-electron chi connectivity index (χ3n) is 5.22. The zero-order valence-corrected chi connectivity index (χ0v) is 18.7. The monoisotopic (exact) mass is 444 g/mol. The maximum atomic E-state index is 13.4. The van der Waals surface area contributed by atoms with Crippen LogP contribution in [0.4, 0.5) is 0 Å². The first kappa shape index (κ1) is 19.7. The van der Waals surface area contributed by atoms with Crippen molar-refractivity contribution in [1.82, 2.24) is 19.9 Å². The van der Waals surface area contributed by atoms with Crippen molar-refractivity contribution in [2.75, 3.05) is 0 Å². The molecule has 0 aliphatic carbocycles. The molecule has 7 heteroatoms. The molecule has 1 unspecified atom stereocenters. The maximum Gasteiger partial charge on any atom is 0.264 e. The molecule has 1 amide bonds. The van der Waals surface area contributed by atoms with E-state index < -0.39 is 0 Å². The lowest BCUT2D eigenvalue weighted by atomic mass is 10.1. The van der Waals surface area contributed by atoms with E-state index in [1.54, 1.807) is 11.3 Å². The Morgan fingerprint density at radius 2 is 1.77 bits per heavy atom. The van der Waals surface area contributed by atoms with Crippen LogP contribution in [0.5, 0.6) is 0 Å². The summed E-state index contributed by atoms with van der Waals surface area (Å²) in [5, 5.41) is 6.11.